The molecule has 0 aliphatic carbocycles. The van der Waals surface area contributed by atoms with Gasteiger partial charge >= 0.3 is 51.4 Å². The molecule has 0 aromatic rings. The van der Waals surface area contributed by atoms with Crippen LogP contribution in [0.3, 0.4) is 0 Å². The van der Waals surface area contributed by atoms with E-state index in [0.717, 1.165) is 13.0 Å². The van der Waals surface area contributed by atoms with Gasteiger partial charge in [-0.3, -0.25) is 4.79 Å². The molecule has 0 atom stereocenters. The number of carbonyl (C=O) groups excluding carboxylic acids is 1. The van der Waals surface area contributed by atoms with Gasteiger partial charge < -0.3 is 23.9 Å². The summed E-state index contributed by atoms with van der Waals surface area (Å²) in [6.45, 7) is 1.13. The number of hydrogen-bond acceptors (Lipinski definition) is 2. The van der Waals surface area contributed by atoms with Crippen molar-refractivity contribution in [3.63, 3.8) is 0 Å². The molecule has 4 heteroatoms. The van der Waals surface area contributed by atoms with E-state index in [2.05, 4.69) is 0 Å². The fourth-order valence-corrected chi connectivity index (χ4v) is 0.912. The van der Waals surface area contributed by atoms with Crippen LogP contribution < -0.4 is 51.4 Å². The van der Waals surface area contributed by atoms with E-state index in [9.17, 15) is 4.79 Å². The third-order valence-corrected chi connectivity index (χ3v) is 1.44. The van der Waals surface area contributed by atoms with E-state index in [1.807, 2.05) is 6.42 Å². The number of aliphatic hydroxyl groups excluding tert-OH is 1. The largest absolute Gasteiger partial charge is 1.00 e. The van der Waals surface area contributed by atoms with Crippen molar-refractivity contribution in [2.24, 2.45) is 0 Å². The van der Waals surface area contributed by atoms with Crippen LogP contribution in [-0.4, -0.2) is 35.6 Å². The number of carbonyl (C=O) groups is 1. The Kier molecular flexibility index (Phi) is 10.2. The maximum Gasteiger partial charge on any atom is 1.00 e. The number of nitrogens with zero attached hydrogens (tertiary/aromatic N) is 1. The average Bonchev–Trinajstić information content (AvgIpc) is 2.37. The number of likely N-dealkylation sites (tertiary alicyclic amines) is 1. The molecular weight excluding hydrogens is 169 g/mol. The second-order valence-electron chi connectivity index (χ2n) is 2.08. The van der Waals surface area contributed by atoms with Crippen LogP contribution in [0.5, 0.6) is 0 Å². The average molecular weight is 182 g/mol. The van der Waals surface area contributed by atoms with Gasteiger partial charge in [-0.05, 0) is 6.54 Å². The third-order valence-electron chi connectivity index (χ3n) is 1.44. The summed E-state index contributed by atoms with van der Waals surface area (Å²) in [5, 5.41) is 8.39. The number of aliphatic hydroxyl groups is 1. The molecule has 3 nitrogen and oxygen atoms in total. The van der Waals surface area contributed by atoms with Gasteiger partial charge in [-0.25, -0.2) is 0 Å². The Balaban J connectivity index is 0. The van der Waals surface area contributed by atoms with Gasteiger partial charge in [0.05, 0.1) is 0 Å². The van der Waals surface area contributed by atoms with Crippen molar-refractivity contribution in [2.45, 2.75) is 6.42 Å². The van der Waals surface area contributed by atoms with Crippen LogP contribution in [0.4, 0.5) is 0 Å². The van der Waals surface area contributed by atoms with Crippen LogP contribution in [0.25, 0.3) is 0 Å². The van der Waals surface area contributed by atoms with Gasteiger partial charge in [0.25, 0.3) is 0 Å². The molecular formula is C7H13KNO2-. The van der Waals surface area contributed by atoms with Gasteiger partial charge in [-0.15, -0.1) is 6.54 Å². The Bertz CT molecular complexity index is 113. The molecule has 1 saturated heterocycles. The zero-order valence-corrected chi connectivity index (χ0v) is 10.3. The molecule has 1 N–H and O–H groups in total. The Morgan fingerprint density at radius 3 is 2.64 bits per heavy atom. The van der Waals surface area contributed by atoms with Crippen LogP contribution in [0, 0.1) is 13.8 Å². The maximum atomic E-state index is 10.7. The minimum atomic E-state index is -0.353. The first-order chi connectivity index (χ1) is 4.34. The van der Waals surface area contributed by atoms with Crippen molar-refractivity contribution in [1.29, 1.82) is 0 Å². The molecule has 11 heavy (non-hydrogen) atoms. The van der Waals surface area contributed by atoms with Gasteiger partial charge in [-0.2, -0.15) is 6.42 Å². The predicted molar refractivity (Wildman–Crippen MR) is 39.0 cm³/mol. The second-order valence-corrected chi connectivity index (χ2v) is 2.08. The molecule has 1 fully saturated rings. The molecule has 1 rings (SSSR count). The number of amides is 1. The summed E-state index contributed by atoms with van der Waals surface area (Å²) < 4.78 is 0. The Morgan fingerprint density at radius 1 is 1.64 bits per heavy atom. The zero-order valence-electron chi connectivity index (χ0n) is 7.21. The van der Waals surface area contributed by atoms with Crippen molar-refractivity contribution in [2.75, 3.05) is 19.7 Å². The van der Waals surface area contributed by atoms with Crippen molar-refractivity contribution in [3.05, 3.63) is 13.8 Å². The van der Waals surface area contributed by atoms with E-state index >= 15 is 0 Å². The molecule has 1 aliphatic rings. The van der Waals surface area contributed by atoms with Gasteiger partial charge in [0, 0.05) is 0 Å². The van der Waals surface area contributed by atoms with Crippen LogP contribution in [-0.2, 0) is 4.79 Å². The fraction of sp³-hybridized carbons (Fsp3) is 0.571. The van der Waals surface area contributed by atoms with Crippen molar-refractivity contribution in [1.82, 2.24) is 4.90 Å². The monoisotopic (exact) mass is 182 g/mol. The summed E-state index contributed by atoms with van der Waals surface area (Å²) >= 11 is 0. The molecule has 60 valence electrons. The summed E-state index contributed by atoms with van der Waals surface area (Å²) in [5.74, 6) is -0.163. The summed E-state index contributed by atoms with van der Waals surface area (Å²) in [5.41, 5.74) is 0. The first-order valence-electron chi connectivity index (χ1n) is 3.05. The Morgan fingerprint density at radius 2 is 2.27 bits per heavy atom. The quantitative estimate of drug-likeness (QED) is 0.344. The summed E-state index contributed by atoms with van der Waals surface area (Å²) in [6, 6.07) is 0. The van der Waals surface area contributed by atoms with E-state index in [1.165, 1.54) is 0 Å². The van der Waals surface area contributed by atoms with Crippen LogP contribution >= 0.6 is 0 Å². The molecule has 0 bridgehead atoms. The molecule has 1 heterocycles. The fourth-order valence-electron chi connectivity index (χ4n) is 0.912. The van der Waals surface area contributed by atoms with E-state index < -0.39 is 0 Å². The van der Waals surface area contributed by atoms with Crippen LogP contribution in [0.2, 0.25) is 0 Å². The second kappa shape index (κ2) is 7.70. The Labute approximate surface area is 111 Å². The van der Waals surface area contributed by atoms with E-state index in [0.29, 0.717) is 6.54 Å². The van der Waals surface area contributed by atoms with E-state index in [1.54, 1.807) is 4.90 Å². The summed E-state index contributed by atoms with van der Waals surface area (Å²) in [4.78, 5) is 12.3. The van der Waals surface area contributed by atoms with E-state index in [-0.39, 0.29) is 71.3 Å². The van der Waals surface area contributed by atoms with Gasteiger partial charge in [0.15, 0.2) is 0 Å². The van der Waals surface area contributed by atoms with Crippen molar-refractivity contribution in [3.8, 4) is 0 Å². The van der Waals surface area contributed by atoms with Crippen LogP contribution in [0.15, 0.2) is 0 Å². The smallest absolute Gasteiger partial charge is 0.387 e. The minimum absolute atomic E-state index is 0. The predicted octanol–water partition coefficient (Wildman–Crippen LogP) is -3.13. The summed E-state index contributed by atoms with van der Waals surface area (Å²) in [7, 11) is 0. The molecule has 0 aromatic carbocycles. The first-order valence-corrected chi connectivity index (χ1v) is 3.05. The van der Waals surface area contributed by atoms with Gasteiger partial charge in [-0.1, -0.05) is 0 Å². The molecule has 0 radical (unpaired) electrons. The standard InChI is InChI=1S/C6H10NO2.CH3.K/c8-5-6(9)7-3-1-2-4-7;;/h1,8H,2-5H2;1H3;/q2*-1;+1. The Hall–Kier alpha value is 1.07. The van der Waals surface area contributed by atoms with Crippen LogP contribution in [0.1, 0.15) is 6.42 Å². The molecule has 1 amide bonds. The number of rotatable bonds is 1. The van der Waals surface area contributed by atoms with Gasteiger partial charge in [0.2, 0.25) is 5.91 Å². The molecule has 0 saturated carbocycles. The normalized spacial score (nSPS) is 15.2. The first kappa shape index (κ1) is 14.6. The molecule has 0 aromatic heterocycles. The topological polar surface area (TPSA) is 40.5 Å². The van der Waals surface area contributed by atoms with Crippen molar-refractivity contribution >= 4 is 5.91 Å². The maximum absolute atomic E-state index is 10.7. The van der Waals surface area contributed by atoms with Gasteiger partial charge in [0.1, 0.15) is 6.61 Å². The third kappa shape index (κ3) is 4.60. The molecule has 0 unspecified atom stereocenters. The SMILES string of the molecule is O=C(CO)N1C[CH-]CC1.[CH3-].[K+]. The minimum Gasteiger partial charge on any atom is -0.387 e. The van der Waals surface area contributed by atoms with Crippen molar-refractivity contribution < 1.29 is 61.3 Å². The van der Waals surface area contributed by atoms with E-state index in [4.69, 9.17) is 5.11 Å². The summed E-state index contributed by atoms with van der Waals surface area (Å²) in [6.07, 6.45) is 3.00. The number of hydrogen-bond donors (Lipinski definition) is 1. The molecule has 1 aliphatic heterocycles. The molecule has 0 spiro atoms. The zero-order chi connectivity index (χ0) is 6.69.